The Labute approximate surface area is 61.9 Å². The van der Waals surface area contributed by atoms with Crippen molar-refractivity contribution in [1.29, 1.82) is 0 Å². The van der Waals surface area contributed by atoms with Gasteiger partial charge in [0.2, 0.25) is 0 Å². The van der Waals surface area contributed by atoms with Gasteiger partial charge in [0.1, 0.15) is 0 Å². The Balaban J connectivity index is 2.52. The Bertz CT molecular complexity index is 187. The third kappa shape index (κ3) is 1.76. The highest BCUT2D eigenvalue weighted by atomic mass is 14.6. The van der Waals surface area contributed by atoms with Crippen molar-refractivity contribution in [1.82, 2.24) is 0 Å². The molecule has 0 radical (unpaired) electrons. The van der Waals surface area contributed by atoms with Gasteiger partial charge in [0.05, 0.1) is 0 Å². The molecule has 1 rings (SSSR count). The Kier molecular flexibility index (Phi) is 2.32. The van der Waals surface area contributed by atoms with Crippen LogP contribution in [-0.2, 0) is 0 Å². The fourth-order valence-electron chi connectivity index (χ4n) is 1.04. The van der Waals surface area contributed by atoms with Crippen LogP contribution in [0.1, 0.15) is 13.3 Å². The van der Waals surface area contributed by atoms with Gasteiger partial charge in [0.15, 0.2) is 0 Å². The molecule has 0 aromatic carbocycles. The normalized spacial score (nSPS) is 25.3. The highest BCUT2D eigenvalue weighted by Gasteiger charge is 2.01. The van der Waals surface area contributed by atoms with Gasteiger partial charge in [-0.25, -0.2) is 0 Å². The summed E-state index contributed by atoms with van der Waals surface area (Å²) >= 11 is 0. The molecule has 54 valence electrons. The van der Waals surface area contributed by atoms with E-state index in [4.69, 9.17) is 5.73 Å². The second-order valence-corrected chi connectivity index (χ2v) is 2.49. The predicted octanol–water partition coefficient (Wildman–Crippen LogP) is 1.98. The lowest BCUT2D eigenvalue weighted by atomic mass is 9.99. The van der Waals surface area contributed by atoms with E-state index in [9.17, 15) is 0 Å². The van der Waals surface area contributed by atoms with Crippen LogP contribution in [0.5, 0.6) is 0 Å². The molecule has 1 nitrogen and oxygen atoms in total. The average molecular weight is 135 g/mol. The Morgan fingerprint density at radius 3 is 3.00 bits per heavy atom. The molecule has 10 heavy (non-hydrogen) atoms. The first-order valence-electron chi connectivity index (χ1n) is 3.59. The van der Waals surface area contributed by atoms with E-state index in [1.165, 1.54) is 0 Å². The van der Waals surface area contributed by atoms with Crippen LogP contribution in [0.4, 0.5) is 0 Å². The van der Waals surface area contributed by atoms with Gasteiger partial charge in [-0.3, -0.25) is 0 Å². The summed E-state index contributed by atoms with van der Waals surface area (Å²) in [4.78, 5) is 0. The average Bonchev–Trinajstić information content (AvgIpc) is 1.95. The molecule has 0 bridgehead atoms. The minimum Gasteiger partial charge on any atom is -0.399 e. The number of rotatable bonds is 1. The van der Waals surface area contributed by atoms with Crippen LogP contribution < -0.4 is 5.73 Å². The maximum atomic E-state index is 5.54. The van der Waals surface area contributed by atoms with Crippen molar-refractivity contribution in [2.75, 3.05) is 0 Å². The standard InChI is InChI=1S/C9H13N/c1-2-3-8-4-6-9(10)7-5-8/h2-4,6-8H,5,10H2,1H3/b3-2-. The molecule has 0 saturated carbocycles. The largest absolute Gasteiger partial charge is 0.399 e. The molecule has 2 N–H and O–H groups in total. The molecule has 1 aliphatic rings. The summed E-state index contributed by atoms with van der Waals surface area (Å²) in [7, 11) is 0. The van der Waals surface area contributed by atoms with Gasteiger partial charge in [0, 0.05) is 5.70 Å². The van der Waals surface area contributed by atoms with Crippen LogP contribution in [-0.4, -0.2) is 0 Å². The van der Waals surface area contributed by atoms with E-state index < -0.39 is 0 Å². The molecule has 1 atom stereocenters. The van der Waals surface area contributed by atoms with Gasteiger partial charge in [-0.05, 0) is 25.3 Å². The van der Waals surface area contributed by atoms with Crippen molar-refractivity contribution in [3.05, 3.63) is 36.1 Å². The van der Waals surface area contributed by atoms with Gasteiger partial charge in [-0.15, -0.1) is 0 Å². The number of nitrogens with two attached hydrogens (primary N) is 1. The fraction of sp³-hybridized carbons (Fsp3) is 0.333. The van der Waals surface area contributed by atoms with Crippen LogP contribution in [0.15, 0.2) is 36.1 Å². The summed E-state index contributed by atoms with van der Waals surface area (Å²) in [6, 6.07) is 0. The van der Waals surface area contributed by atoms with Crippen molar-refractivity contribution in [2.24, 2.45) is 11.7 Å². The van der Waals surface area contributed by atoms with Crippen molar-refractivity contribution < 1.29 is 0 Å². The lowest BCUT2D eigenvalue weighted by Gasteiger charge is -2.08. The van der Waals surface area contributed by atoms with Gasteiger partial charge < -0.3 is 5.73 Å². The van der Waals surface area contributed by atoms with Crippen molar-refractivity contribution in [3.8, 4) is 0 Å². The van der Waals surface area contributed by atoms with Crippen molar-refractivity contribution >= 4 is 0 Å². The zero-order valence-electron chi connectivity index (χ0n) is 6.25. The molecular weight excluding hydrogens is 122 g/mol. The van der Waals surface area contributed by atoms with Gasteiger partial charge >= 0.3 is 0 Å². The first kappa shape index (κ1) is 7.13. The van der Waals surface area contributed by atoms with E-state index in [0.29, 0.717) is 5.92 Å². The van der Waals surface area contributed by atoms with E-state index in [1.807, 2.05) is 13.0 Å². The maximum absolute atomic E-state index is 5.54. The van der Waals surface area contributed by atoms with E-state index >= 15 is 0 Å². The summed E-state index contributed by atoms with van der Waals surface area (Å²) < 4.78 is 0. The van der Waals surface area contributed by atoms with Crippen molar-refractivity contribution in [3.63, 3.8) is 0 Å². The number of hydrogen-bond acceptors (Lipinski definition) is 1. The third-order valence-electron chi connectivity index (χ3n) is 1.60. The molecule has 1 aliphatic carbocycles. The van der Waals surface area contributed by atoms with Crippen molar-refractivity contribution in [2.45, 2.75) is 13.3 Å². The third-order valence-corrected chi connectivity index (χ3v) is 1.60. The molecule has 0 fully saturated rings. The Hall–Kier alpha value is -0.980. The fourth-order valence-corrected chi connectivity index (χ4v) is 1.04. The molecule has 1 unspecified atom stereocenters. The smallest absolute Gasteiger partial charge is 0.0270 e. The summed E-state index contributed by atoms with van der Waals surface area (Å²) in [6.07, 6.45) is 11.5. The summed E-state index contributed by atoms with van der Waals surface area (Å²) in [6.45, 7) is 2.04. The van der Waals surface area contributed by atoms with E-state index in [-0.39, 0.29) is 0 Å². The molecule has 0 aliphatic heterocycles. The van der Waals surface area contributed by atoms with E-state index in [2.05, 4.69) is 24.3 Å². The van der Waals surface area contributed by atoms with Crippen LogP contribution in [0.25, 0.3) is 0 Å². The number of allylic oxidation sites excluding steroid dienone is 5. The summed E-state index contributed by atoms with van der Waals surface area (Å²) in [5.74, 6) is 0.567. The zero-order valence-corrected chi connectivity index (χ0v) is 6.25. The molecule has 0 aromatic heterocycles. The lowest BCUT2D eigenvalue weighted by Crippen LogP contribution is -2.01. The molecular formula is C9H13N. The van der Waals surface area contributed by atoms with Crippen LogP contribution in [0.3, 0.4) is 0 Å². The van der Waals surface area contributed by atoms with Crippen LogP contribution in [0, 0.1) is 5.92 Å². The minimum atomic E-state index is 0.567. The van der Waals surface area contributed by atoms with Gasteiger partial charge in [0.25, 0.3) is 0 Å². The van der Waals surface area contributed by atoms with Gasteiger partial charge in [-0.1, -0.05) is 24.3 Å². The van der Waals surface area contributed by atoms with Crippen LogP contribution in [0.2, 0.25) is 0 Å². The quantitative estimate of drug-likeness (QED) is 0.547. The van der Waals surface area contributed by atoms with E-state index in [0.717, 1.165) is 12.1 Å². The minimum absolute atomic E-state index is 0.567. The predicted molar refractivity (Wildman–Crippen MR) is 44.3 cm³/mol. The SMILES string of the molecule is C/C=C\C1C=CC(N)=CC1. The molecule has 0 amide bonds. The first-order valence-corrected chi connectivity index (χ1v) is 3.59. The zero-order chi connectivity index (χ0) is 7.40. The molecule has 1 heteroatoms. The Morgan fingerprint density at radius 2 is 2.50 bits per heavy atom. The summed E-state index contributed by atoms with van der Waals surface area (Å²) in [5.41, 5.74) is 6.43. The second kappa shape index (κ2) is 3.25. The monoisotopic (exact) mass is 135 g/mol. The van der Waals surface area contributed by atoms with E-state index in [1.54, 1.807) is 0 Å². The summed E-state index contributed by atoms with van der Waals surface area (Å²) in [5, 5.41) is 0. The number of hydrogen-bond donors (Lipinski definition) is 1. The highest BCUT2D eigenvalue weighted by Crippen LogP contribution is 2.14. The topological polar surface area (TPSA) is 26.0 Å². The first-order chi connectivity index (χ1) is 4.83. The molecule has 0 aromatic rings. The lowest BCUT2D eigenvalue weighted by molar-refractivity contribution is 0.810. The van der Waals surface area contributed by atoms with Crippen LogP contribution >= 0.6 is 0 Å². The molecule has 0 spiro atoms. The maximum Gasteiger partial charge on any atom is 0.0270 e. The highest BCUT2D eigenvalue weighted by molar-refractivity contribution is 5.22. The molecule has 0 heterocycles. The van der Waals surface area contributed by atoms with Gasteiger partial charge in [-0.2, -0.15) is 0 Å². The molecule has 0 saturated heterocycles. The second-order valence-electron chi connectivity index (χ2n) is 2.49. The Morgan fingerprint density at radius 1 is 1.70 bits per heavy atom.